The Balaban J connectivity index is 2.00. The van der Waals surface area contributed by atoms with E-state index >= 15 is 0 Å². The van der Waals surface area contributed by atoms with Crippen molar-refractivity contribution in [1.29, 1.82) is 0 Å². The number of unbranched alkanes of at least 4 members (excludes halogenated alkanes) is 2. The third kappa shape index (κ3) is 5.77. The lowest BCUT2D eigenvalue weighted by atomic mass is 9.85. The molecule has 0 aromatic carbocycles. The minimum Gasteiger partial charge on any atom is -0.378 e. The molecule has 0 N–H and O–H groups in total. The molecular weight excluding hydrogens is 208 g/mol. The lowest BCUT2D eigenvalue weighted by Crippen LogP contribution is -2.23. The van der Waals surface area contributed by atoms with Crippen molar-refractivity contribution < 1.29 is 4.74 Å². The van der Waals surface area contributed by atoms with Gasteiger partial charge in [-0.25, -0.2) is 0 Å². The molecule has 2 unspecified atom stereocenters. The Labute approximate surface area is 99.5 Å². The van der Waals surface area contributed by atoms with E-state index in [1.807, 2.05) is 0 Å². The number of halogens is 1. The summed E-state index contributed by atoms with van der Waals surface area (Å²) >= 11 is 5.63. The van der Waals surface area contributed by atoms with Crippen LogP contribution >= 0.6 is 11.6 Å². The molecule has 2 heteroatoms. The van der Waals surface area contributed by atoms with Crippen molar-refractivity contribution in [3.8, 4) is 0 Å². The average Bonchev–Trinajstić information content (AvgIpc) is 2.29. The predicted octanol–water partition coefficient (Wildman–Crippen LogP) is 4.38. The van der Waals surface area contributed by atoms with Crippen molar-refractivity contribution in [3.63, 3.8) is 0 Å². The van der Waals surface area contributed by atoms with Gasteiger partial charge < -0.3 is 4.74 Å². The van der Waals surface area contributed by atoms with Crippen LogP contribution in [0.5, 0.6) is 0 Å². The molecular formula is C13H25ClO. The van der Waals surface area contributed by atoms with Gasteiger partial charge in [0, 0.05) is 12.5 Å². The highest BCUT2D eigenvalue weighted by Gasteiger charge is 2.20. The van der Waals surface area contributed by atoms with Crippen LogP contribution in [0.4, 0.5) is 0 Å². The molecule has 0 bridgehead atoms. The average molecular weight is 233 g/mol. The first-order valence-electron chi connectivity index (χ1n) is 6.54. The zero-order valence-corrected chi connectivity index (χ0v) is 10.8. The van der Waals surface area contributed by atoms with Crippen LogP contribution in [0, 0.1) is 5.92 Å². The van der Waals surface area contributed by atoms with Gasteiger partial charge in [-0.05, 0) is 38.0 Å². The lowest BCUT2D eigenvalue weighted by Gasteiger charge is -2.28. The van der Waals surface area contributed by atoms with Crippen LogP contribution < -0.4 is 0 Å². The Bertz CT molecular complexity index is 149. The fourth-order valence-corrected chi connectivity index (χ4v) is 2.58. The van der Waals surface area contributed by atoms with Crippen LogP contribution in [0.25, 0.3) is 0 Å². The molecule has 0 aromatic heterocycles. The molecule has 0 spiro atoms. The minimum atomic E-state index is 0.555. The SMILES string of the molecule is CCC1CCCC(OCCCCCCl)C1. The van der Waals surface area contributed by atoms with E-state index in [1.165, 1.54) is 44.9 Å². The summed E-state index contributed by atoms with van der Waals surface area (Å²) in [5.41, 5.74) is 0. The third-order valence-electron chi connectivity index (χ3n) is 3.44. The minimum absolute atomic E-state index is 0.555. The highest BCUT2D eigenvalue weighted by atomic mass is 35.5. The molecule has 1 fully saturated rings. The quantitative estimate of drug-likeness (QED) is 0.468. The number of hydrogen-bond donors (Lipinski definition) is 0. The topological polar surface area (TPSA) is 9.23 Å². The number of ether oxygens (including phenoxy) is 1. The van der Waals surface area contributed by atoms with Gasteiger partial charge >= 0.3 is 0 Å². The molecule has 0 aliphatic heterocycles. The van der Waals surface area contributed by atoms with Gasteiger partial charge in [0.25, 0.3) is 0 Å². The van der Waals surface area contributed by atoms with Gasteiger partial charge in [0.1, 0.15) is 0 Å². The first-order valence-corrected chi connectivity index (χ1v) is 7.07. The highest BCUT2D eigenvalue weighted by Crippen LogP contribution is 2.28. The number of hydrogen-bond acceptors (Lipinski definition) is 1. The van der Waals surface area contributed by atoms with E-state index < -0.39 is 0 Å². The van der Waals surface area contributed by atoms with Crippen molar-refractivity contribution in [2.24, 2.45) is 5.92 Å². The molecule has 90 valence electrons. The Morgan fingerprint density at radius 2 is 2.07 bits per heavy atom. The van der Waals surface area contributed by atoms with Crippen LogP contribution in [0.3, 0.4) is 0 Å². The summed E-state index contributed by atoms with van der Waals surface area (Å²) in [6.07, 6.45) is 10.8. The summed E-state index contributed by atoms with van der Waals surface area (Å²) < 4.78 is 5.92. The van der Waals surface area contributed by atoms with E-state index in [1.54, 1.807) is 0 Å². The standard InChI is InChI=1S/C13H25ClO/c1-2-12-7-6-8-13(11-12)15-10-5-3-4-9-14/h12-13H,2-11H2,1H3. The summed E-state index contributed by atoms with van der Waals surface area (Å²) in [4.78, 5) is 0. The van der Waals surface area contributed by atoms with Gasteiger partial charge in [0.05, 0.1) is 6.10 Å². The third-order valence-corrected chi connectivity index (χ3v) is 3.71. The van der Waals surface area contributed by atoms with Crippen molar-refractivity contribution in [2.75, 3.05) is 12.5 Å². The van der Waals surface area contributed by atoms with E-state index in [2.05, 4.69) is 6.92 Å². The maximum atomic E-state index is 5.92. The van der Waals surface area contributed by atoms with Crippen LogP contribution in [-0.2, 0) is 4.74 Å². The zero-order chi connectivity index (χ0) is 10.9. The monoisotopic (exact) mass is 232 g/mol. The summed E-state index contributed by atoms with van der Waals surface area (Å²) in [6, 6.07) is 0. The molecule has 2 atom stereocenters. The van der Waals surface area contributed by atoms with E-state index in [4.69, 9.17) is 16.3 Å². The molecule has 1 aliphatic carbocycles. The van der Waals surface area contributed by atoms with Crippen LogP contribution in [0.15, 0.2) is 0 Å². The molecule has 0 amide bonds. The Kier molecular flexibility index (Phi) is 7.46. The van der Waals surface area contributed by atoms with E-state index in [0.717, 1.165) is 24.8 Å². The Morgan fingerprint density at radius 1 is 1.20 bits per heavy atom. The van der Waals surface area contributed by atoms with Gasteiger partial charge in [-0.1, -0.05) is 26.2 Å². The predicted molar refractivity (Wildman–Crippen MR) is 66.6 cm³/mol. The highest BCUT2D eigenvalue weighted by molar-refractivity contribution is 6.17. The Hall–Kier alpha value is 0.250. The molecule has 0 heterocycles. The van der Waals surface area contributed by atoms with Gasteiger partial charge in [0.15, 0.2) is 0 Å². The first kappa shape index (κ1) is 13.3. The van der Waals surface area contributed by atoms with E-state index in [-0.39, 0.29) is 0 Å². The largest absolute Gasteiger partial charge is 0.378 e. The molecule has 0 saturated heterocycles. The van der Waals surface area contributed by atoms with Crippen molar-refractivity contribution >= 4 is 11.6 Å². The summed E-state index contributed by atoms with van der Waals surface area (Å²) in [6.45, 7) is 3.24. The second-order valence-electron chi connectivity index (χ2n) is 4.68. The number of alkyl halides is 1. The van der Waals surface area contributed by atoms with Crippen molar-refractivity contribution in [1.82, 2.24) is 0 Å². The summed E-state index contributed by atoms with van der Waals surface area (Å²) in [7, 11) is 0. The maximum absolute atomic E-state index is 5.92. The second-order valence-corrected chi connectivity index (χ2v) is 5.06. The molecule has 1 rings (SSSR count). The molecule has 0 aromatic rings. The first-order chi connectivity index (χ1) is 7.36. The molecule has 0 radical (unpaired) electrons. The number of rotatable bonds is 7. The molecule has 1 aliphatic rings. The molecule has 1 nitrogen and oxygen atoms in total. The van der Waals surface area contributed by atoms with E-state index in [0.29, 0.717) is 6.10 Å². The van der Waals surface area contributed by atoms with Crippen LogP contribution in [0.2, 0.25) is 0 Å². The fourth-order valence-electron chi connectivity index (χ4n) is 2.39. The van der Waals surface area contributed by atoms with Crippen molar-refractivity contribution in [2.45, 2.75) is 64.4 Å². The second kappa shape index (κ2) is 8.41. The van der Waals surface area contributed by atoms with E-state index in [9.17, 15) is 0 Å². The summed E-state index contributed by atoms with van der Waals surface area (Å²) in [5.74, 6) is 1.72. The lowest BCUT2D eigenvalue weighted by molar-refractivity contribution is 0.0108. The van der Waals surface area contributed by atoms with Crippen LogP contribution in [0.1, 0.15) is 58.3 Å². The van der Waals surface area contributed by atoms with Crippen molar-refractivity contribution in [3.05, 3.63) is 0 Å². The molecule has 15 heavy (non-hydrogen) atoms. The van der Waals surface area contributed by atoms with Crippen LogP contribution in [-0.4, -0.2) is 18.6 Å². The zero-order valence-electron chi connectivity index (χ0n) is 10.0. The fraction of sp³-hybridized carbons (Fsp3) is 1.00. The van der Waals surface area contributed by atoms with Gasteiger partial charge in [-0.3, -0.25) is 0 Å². The smallest absolute Gasteiger partial charge is 0.0577 e. The molecule has 1 saturated carbocycles. The van der Waals surface area contributed by atoms with Gasteiger partial charge in [-0.15, -0.1) is 11.6 Å². The van der Waals surface area contributed by atoms with Gasteiger partial charge in [-0.2, -0.15) is 0 Å². The normalized spacial score (nSPS) is 26.8. The summed E-state index contributed by atoms with van der Waals surface area (Å²) in [5, 5.41) is 0. The van der Waals surface area contributed by atoms with Gasteiger partial charge in [0.2, 0.25) is 0 Å². The Morgan fingerprint density at radius 3 is 2.80 bits per heavy atom. The maximum Gasteiger partial charge on any atom is 0.0577 e.